The number of rotatable bonds is 7. The molecule has 2 saturated heterocycles. The van der Waals surface area contributed by atoms with E-state index >= 15 is 4.39 Å². The number of amides is 1. The smallest absolute Gasteiger partial charge is 0.350 e. The first-order chi connectivity index (χ1) is 21.5. The number of halogens is 3. The van der Waals surface area contributed by atoms with Crippen molar-refractivity contribution in [3.8, 4) is 16.9 Å². The lowest BCUT2D eigenvalue weighted by molar-refractivity contribution is -0.128. The number of nitrogens with zero attached hydrogens (tertiary/aromatic N) is 6. The molecule has 12 heteroatoms. The molecular weight excluding hydrogens is 602 g/mol. The highest BCUT2D eigenvalue weighted by Gasteiger charge is 2.36. The second-order valence-corrected chi connectivity index (χ2v) is 12.9. The molecule has 3 aromatic rings. The molecule has 1 aromatic heterocycles. The van der Waals surface area contributed by atoms with Gasteiger partial charge in [-0.2, -0.15) is 4.98 Å². The Kier molecular flexibility index (Phi) is 8.87. The second-order valence-electron chi connectivity index (χ2n) is 12.5. The van der Waals surface area contributed by atoms with Crippen molar-refractivity contribution in [2.24, 2.45) is 0 Å². The summed E-state index contributed by atoms with van der Waals surface area (Å²) in [5.74, 6) is -0.907. The molecule has 2 aromatic carbocycles. The van der Waals surface area contributed by atoms with Crippen LogP contribution in [0.4, 0.5) is 14.6 Å². The molecule has 0 radical (unpaired) electrons. The van der Waals surface area contributed by atoms with Crippen LogP contribution in [0.1, 0.15) is 26.7 Å². The van der Waals surface area contributed by atoms with Crippen LogP contribution in [0, 0.1) is 11.6 Å². The fourth-order valence-electron chi connectivity index (χ4n) is 6.83. The van der Waals surface area contributed by atoms with E-state index in [9.17, 15) is 14.0 Å². The quantitative estimate of drug-likeness (QED) is 0.355. The highest BCUT2D eigenvalue weighted by atomic mass is 35.5. The molecule has 240 valence electrons. The number of benzene rings is 2. The maximum absolute atomic E-state index is 15.3. The maximum atomic E-state index is 15.3. The summed E-state index contributed by atoms with van der Waals surface area (Å²) in [6, 6.07) is 4.70. The van der Waals surface area contributed by atoms with Crippen molar-refractivity contribution in [3.05, 3.63) is 64.1 Å². The molecule has 0 aliphatic carbocycles. The standard InChI is InChI=1S/C33H39ClF2N6O3/c1-5-28(43)40-17-21(3)41(18-20(40)2)32-25-16-26(34)29(24-9-8-22(35)15-27(24)36)31-30(25)42(33(44)37-32)19-23(45-31)7-6-10-39-13-11-38(4)12-14-39/h5,8-9,15-16,20-21,23H,1,6-7,10-14,17-19H2,2-4H3/t20-,21+,23+/m1/s1. The first-order valence-electron chi connectivity index (χ1n) is 15.6. The molecular formula is C33H39ClF2N6O3. The molecule has 45 heavy (non-hydrogen) atoms. The van der Waals surface area contributed by atoms with Gasteiger partial charge in [-0.3, -0.25) is 9.36 Å². The molecule has 0 N–H and O–H groups in total. The van der Waals surface area contributed by atoms with Gasteiger partial charge in [0.1, 0.15) is 23.6 Å². The van der Waals surface area contributed by atoms with E-state index in [0.717, 1.165) is 45.2 Å². The minimum Gasteiger partial charge on any atom is -0.486 e. The molecule has 0 unspecified atom stereocenters. The third-order valence-corrected chi connectivity index (χ3v) is 9.63. The molecule has 3 atom stereocenters. The van der Waals surface area contributed by atoms with Crippen molar-refractivity contribution >= 4 is 34.2 Å². The number of aromatic nitrogens is 2. The fourth-order valence-corrected chi connectivity index (χ4v) is 7.12. The van der Waals surface area contributed by atoms with Crippen molar-refractivity contribution in [3.63, 3.8) is 0 Å². The molecule has 9 nitrogen and oxygen atoms in total. The molecule has 2 fully saturated rings. The van der Waals surface area contributed by atoms with Crippen LogP contribution in [0.15, 0.2) is 41.7 Å². The van der Waals surface area contributed by atoms with Crippen LogP contribution in [0.3, 0.4) is 0 Å². The van der Waals surface area contributed by atoms with E-state index < -0.39 is 17.3 Å². The van der Waals surface area contributed by atoms with Crippen LogP contribution < -0.4 is 15.3 Å². The Morgan fingerprint density at radius 1 is 1.11 bits per heavy atom. The number of piperazine rings is 2. The highest BCUT2D eigenvalue weighted by molar-refractivity contribution is 6.35. The van der Waals surface area contributed by atoms with Gasteiger partial charge < -0.3 is 24.3 Å². The molecule has 3 aliphatic heterocycles. The van der Waals surface area contributed by atoms with Gasteiger partial charge >= 0.3 is 5.69 Å². The second kappa shape index (κ2) is 12.7. The van der Waals surface area contributed by atoms with Gasteiger partial charge in [-0.1, -0.05) is 18.2 Å². The summed E-state index contributed by atoms with van der Waals surface area (Å²) < 4.78 is 37.4. The molecule has 6 rings (SSSR count). The van der Waals surface area contributed by atoms with Gasteiger partial charge in [0.2, 0.25) is 5.91 Å². The number of anilines is 1. The Bertz CT molecular complexity index is 1690. The Morgan fingerprint density at radius 2 is 1.87 bits per heavy atom. The summed E-state index contributed by atoms with van der Waals surface area (Å²) in [6.07, 6.45) is 2.47. The van der Waals surface area contributed by atoms with E-state index in [4.69, 9.17) is 16.3 Å². The van der Waals surface area contributed by atoms with E-state index in [0.29, 0.717) is 48.5 Å². The van der Waals surface area contributed by atoms with Crippen LogP contribution in [0.25, 0.3) is 22.0 Å². The lowest BCUT2D eigenvalue weighted by Gasteiger charge is -2.44. The van der Waals surface area contributed by atoms with Crippen molar-refractivity contribution < 1.29 is 18.3 Å². The molecule has 0 bridgehead atoms. The number of hydrogen-bond donors (Lipinski definition) is 0. The van der Waals surface area contributed by atoms with Crippen LogP contribution in [-0.4, -0.2) is 101 Å². The van der Waals surface area contributed by atoms with Crippen molar-refractivity contribution in [2.75, 3.05) is 57.8 Å². The first-order valence-corrected chi connectivity index (χ1v) is 15.9. The average Bonchev–Trinajstić information content (AvgIpc) is 3.01. The third-order valence-electron chi connectivity index (χ3n) is 9.33. The lowest BCUT2D eigenvalue weighted by atomic mass is 9.99. The predicted octanol–water partition coefficient (Wildman–Crippen LogP) is 4.40. The number of ether oxygens (including phenoxy) is 1. The number of hydrogen-bond acceptors (Lipinski definition) is 7. The van der Waals surface area contributed by atoms with E-state index in [1.54, 1.807) is 15.5 Å². The van der Waals surface area contributed by atoms with E-state index in [1.807, 2.05) is 18.7 Å². The Labute approximate surface area is 266 Å². The van der Waals surface area contributed by atoms with Crippen molar-refractivity contribution in [1.82, 2.24) is 24.3 Å². The monoisotopic (exact) mass is 640 g/mol. The van der Waals surface area contributed by atoms with Gasteiger partial charge in [0, 0.05) is 73.9 Å². The van der Waals surface area contributed by atoms with Gasteiger partial charge in [0.05, 0.1) is 17.1 Å². The zero-order valence-corrected chi connectivity index (χ0v) is 26.7. The molecule has 1 amide bonds. The van der Waals surface area contributed by atoms with E-state index in [1.165, 1.54) is 18.2 Å². The van der Waals surface area contributed by atoms with Crippen molar-refractivity contribution in [2.45, 2.75) is 51.4 Å². The van der Waals surface area contributed by atoms with Crippen LogP contribution in [0.2, 0.25) is 5.02 Å². The highest BCUT2D eigenvalue weighted by Crippen LogP contribution is 2.47. The summed E-state index contributed by atoms with van der Waals surface area (Å²) in [4.78, 5) is 39.3. The zero-order valence-electron chi connectivity index (χ0n) is 25.9. The molecule has 0 saturated carbocycles. The zero-order chi connectivity index (χ0) is 32.0. The van der Waals surface area contributed by atoms with Gasteiger partial charge in [-0.15, -0.1) is 0 Å². The van der Waals surface area contributed by atoms with Crippen LogP contribution >= 0.6 is 11.6 Å². The van der Waals surface area contributed by atoms with E-state index in [-0.39, 0.29) is 40.2 Å². The normalized spacial score (nSPS) is 22.5. The third kappa shape index (κ3) is 6.05. The SMILES string of the molecule is C=CC(=O)N1C[C@H](C)N(c2nc(=O)n3c4c(c(-c5ccc(F)cc5F)c(Cl)cc24)O[C@@H](CCCN2CCN(C)CC2)C3)C[C@H]1C. The summed E-state index contributed by atoms with van der Waals surface area (Å²) in [6.45, 7) is 13.7. The minimum absolute atomic E-state index is 0.0901. The number of likely N-dealkylation sites (N-methyl/N-ethyl adjacent to an activating group) is 1. The average molecular weight is 641 g/mol. The molecule has 4 heterocycles. The largest absolute Gasteiger partial charge is 0.486 e. The van der Waals surface area contributed by atoms with Gasteiger partial charge in [-0.25, -0.2) is 13.6 Å². The van der Waals surface area contributed by atoms with Crippen LogP contribution in [-0.2, 0) is 11.3 Å². The van der Waals surface area contributed by atoms with Gasteiger partial charge in [0.25, 0.3) is 0 Å². The first kappa shape index (κ1) is 31.4. The number of carbonyl (C=O) groups excluding carboxylic acids is 1. The van der Waals surface area contributed by atoms with Gasteiger partial charge in [0.15, 0.2) is 5.75 Å². The molecule has 0 spiro atoms. The Hall–Kier alpha value is -3.54. The summed E-state index contributed by atoms with van der Waals surface area (Å²) in [5.41, 5.74) is 0.405. The Balaban J connectivity index is 1.41. The lowest BCUT2D eigenvalue weighted by Crippen LogP contribution is -2.58. The molecule has 3 aliphatic rings. The van der Waals surface area contributed by atoms with E-state index in [2.05, 4.69) is 28.4 Å². The number of carbonyl (C=O) groups is 1. The summed E-state index contributed by atoms with van der Waals surface area (Å²) in [5, 5.41) is 0.801. The van der Waals surface area contributed by atoms with Gasteiger partial charge in [-0.05, 0) is 64.6 Å². The summed E-state index contributed by atoms with van der Waals surface area (Å²) in [7, 11) is 2.13. The maximum Gasteiger partial charge on any atom is 0.350 e. The fraction of sp³-hybridized carbons (Fsp3) is 0.485. The summed E-state index contributed by atoms with van der Waals surface area (Å²) >= 11 is 6.93. The topological polar surface area (TPSA) is 74.1 Å². The Morgan fingerprint density at radius 3 is 2.58 bits per heavy atom. The predicted molar refractivity (Wildman–Crippen MR) is 172 cm³/mol. The van der Waals surface area contributed by atoms with Crippen molar-refractivity contribution in [1.29, 1.82) is 0 Å². The minimum atomic E-state index is -0.776. The van der Waals surface area contributed by atoms with Crippen LogP contribution in [0.5, 0.6) is 5.75 Å².